The van der Waals surface area contributed by atoms with Crippen LogP contribution in [-0.2, 0) is 4.79 Å². The van der Waals surface area contributed by atoms with Crippen molar-refractivity contribution in [1.29, 1.82) is 0 Å². The third kappa shape index (κ3) is 5.33. The van der Waals surface area contributed by atoms with Gasteiger partial charge in [0, 0.05) is 29.6 Å². The van der Waals surface area contributed by atoms with Crippen molar-refractivity contribution in [2.75, 3.05) is 6.54 Å². The lowest BCUT2D eigenvalue weighted by Crippen LogP contribution is -2.44. The molecule has 1 aliphatic carbocycles. The molecule has 0 heterocycles. The summed E-state index contributed by atoms with van der Waals surface area (Å²) in [6, 6.07) is 8.66. The van der Waals surface area contributed by atoms with Gasteiger partial charge < -0.3 is 10.6 Å². The Morgan fingerprint density at radius 3 is 2.43 bits per heavy atom. The molecule has 0 saturated heterocycles. The first-order valence-electron chi connectivity index (χ1n) is 7.63. The lowest BCUT2D eigenvalue weighted by Gasteiger charge is -2.36. The molecule has 0 radical (unpaired) electrons. The molecule has 1 aromatic carbocycles. The van der Waals surface area contributed by atoms with E-state index in [0.717, 1.165) is 24.4 Å². The van der Waals surface area contributed by atoms with Crippen LogP contribution in [0.3, 0.4) is 0 Å². The third-order valence-corrected chi connectivity index (χ3v) is 4.03. The van der Waals surface area contributed by atoms with Crippen molar-refractivity contribution in [2.24, 2.45) is 0 Å². The van der Waals surface area contributed by atoms with E-state index in [1.54, 1.807) is 0 Å². The minimum atomic E-state index is -0.146. The number of carbonyl (C=O) groups is 1. The van der Waals surface area contributed by atoms with E-state index in [9.17, 15) is 4.79 Å². The molecule has 1 aromatic rings. The maximum absolute atomic E-state index is 11.7. The van der Waals surface area contributed by atoms with E-state index in [1.807, 2.05) is 32.9 Å². The molecular formula is C17H25ClN2O. The highest BCUT2D eigenvalue weighted by atomic mass is 35.5. The lowest BCUT2D eigenvalue weighted by atomic mass is 9.76. The predicted octanol–water partition coefficient (Wildman–Crippen LogP) is 3.48. The van der Waals surface area contributed by atoms with Gasteiger partial charge in [-0.25, -0.2) is 0 Å². The Balaban J connectivity index is 1.63. The number of hydrogen-bond donors (Lipinski definition) is 2. The second kappa shape index (κ2) is 6.80. The molecule has 1 aliphatic rings. The van der Waals surface area contributed by atoms with Crippen LogP contribution < -0.4 is 10.6 Å². The molecule has 0 spiro atoms. The molecule has 0 atom stereocenters. The average molecular weight is 309 g/mol. The molecule has 3 nitrogen and oxygen atoms in total. The molecule has 116 valence electrons. The Kier molecular flexibility index (Phi) is 5.28. The molecular weight excluding hydrogens is 284 g/mol. The van der Waals surface area contributed by atoms with Crippen LogP contribution in [-0.4, -0.2) is 24.0 Å². The first kappa shape index (κ1) is 16.3. The topological polar surface area (TPSA) is 41.1 Å². The zero-order chi connectivity index (χ0) is 15.5. The van der Waals surface area contributed by atoms with Crippen LogP contribution in [0.25, 0.3) is 0 Å². The number of halogens is 1. The maximum atomic E-state index is 11.7. The molecule has 21 heavy (non-hydrogen) atoms. The van der Waals surface area contributed by atoms with Crippen molar-refractivity contribution < 1.29 is 4.79 Å². The zero-order valence-corrected chi connectivity index (χ0v) is 13.8. The van der Waals surface area contributed by atoms with Gasteiger partial charge in [0.1, 0.15) is 0 Å². The molecule has 1 fully saturated rings. The Bertz CT molecular complexity index is 473. The highest BCUT2D eigenvalue weighted by Gasteiger charge is 2.29. The van der Waals surface area contributed by atoms with Crippen LogP contribution in [0.2, 0.25) is 5.02 Å². The van der Waals surface area contributed by atoms with Gasteiger partial charge in [-0.1, -0.05) is 23.7 Å². The van der Waals surface area contributed by atoms with Gasteiger partial charge >= 0.3 is 0 Å². The molecule has 2 rings (SSSR count). The molecule has 0 unspecified atom stereocenters. The largest absolute Gasteiger partial charge is 0.351 e. The molecule has 0 bridgehead atoms. The molecule has 0 aromatic heterocycles. The van der Waals surface area contributed by atoms with Gasteiger partial charge in [0.15, 0.2) is 0 Å². The van der Waals surface area contributed by atoms with Gasteiger partial charge in [0.25, 0.3) is 0 Å². The average Bonchev–Trinajstić information content (AvgIpc) is 2.31. The molecule has 2 N–H and O–H groups in total. The first-order valence-corrected chi connectivity index (χ1v) is 8.01. The van der Waals surface area contributed by atoms with Gasteiger partial charge in [0.2, 0.25) is 5.91 Å². The van der Waals surface area contributed by atoms with Crippen LogP contribution in [0, 0.1) is 0 Å². The van der Waals surface area contributed by atoms with Crippen molar-refractivity contribution in [1.82, 2.24) is 10.6 Å². The summed E-state index contributed by atoms with van der Waals surface area (Å²) >= 11 is 5.90. The molecule has 4 heteroatoms. The van der Waals surface area contributed by atoms with Crippen molar-refractivity contribution >= 4 is 17.5 Å². The van der Waals surface area contributed by atoms with E-state index in [2.05, 4.69) is 22.8 Å². The summed E-state index contributed by atoms with van der Waals surface area (Å²) < 4.78 is 0. The Morgan fingerprint density at radius 1 is 1.24 bits per heavy atom. The quantitative estimate of drug-likeness (QED) is 0.874. The van der Waals surface area contributed by atoms with Crippen molar-refractivity contribution in [3.05, 3.63) is 34.9 Å². The summed E-state index contributed by atoms with van der Waals surface area (Å²) in [6.07, 6.45) is 2.82. The smallest absolute Gasteiger partial charge is 0.221 e. The lowest BCUT2D eigenvalue weighted by molar-refractivity contribution is -0.122. The van der Waals surface area contributed by atoms with E-state index in [1.165, 1.54) is 5.56 Å². The normalized spacial score (nSPS) is 21.7. The van der Waals surface area contributed by atoms with Crippen LogP contribution in [0.1, 0.15) is 51.5 Å². The number of hydrogen-bond acceptors (Lipinski definition) is 2. The fourth-order valence-electron chi connectivity index (χ4n) is 2.66. The second-order valence-corrected chi connectivity index (χ2v) is 7.36. The summed E-state index contributed by atoms with van der Waals surface area (Å²) in [6.45, 7) is 6.75. The van der Waals surface area contributed by atoms with E-state index in [4.69, 9.17) is 11.6 Å². The summed E-state index contributed by atoms with van der Waals surface area (Å²) in [7, 11) is 0. The number of amides is 1. The van der Waals surface area contributed by atoms with Gasteiger partial charge in [-0.15, -0.1) is 0 Å². The van der Waals surface area contributed by atoms with Gasteiger partial charge in [-0.05, 0) is 57.2 Å². The third-order valence-electron chi connectivity index (χ3n) is 3.78. The standard InChI is InChI=1S/C17H25ClN2O/c1-17(2,3)20-16(21)8-9-19-15-10-13(11-15)12-4-6-14(18)7-5-12/h4-7,13,15,19H,8-11H2,1-3H3,(H,20,21). The van der Waals surface area contributed by atoms with Crippen LogP contribution in [0.15, 0.2) is 24.3 Å². The monoisotopic (exact) mass is 308 g/mol. The summed E-state index contributed by atoms with van der Waals surface area (Å²) in [4.78, 5) is 11.7. The van der Waals surface area contributed by atoms with Crippen molar-refractivity contribution in [3.8, 4) is 0 Å². The highest BCUT2D eigenvalue weighted by Crippen LogP contribution is 2.37. The van der Waals surface area contributed by atoms with Crippen molar-refractivity contribution in [3.63, 3.8) is 0 Å². The Labute approximate surface area is 132 Å². The van der Waals surface area contributed by atoms with E-state index < -0.39 is 0 Å². The summed E-state index contributed by atoms with van der Waals surface area (Å²) in [5.74, 6) is 0.742. The number of rotatable bonds is 5. The van der Waals surface area contributed by atoms with Gasteiger partial charge in [-0.2, -0.15) is 0 Å². The van der Waals surface area contributed by atoms with E-state index >= 15 is 0 Å². The van der Waals surface area contributed by atoms with Crippen LogP contribution >= 0.6 is 11.6 Å². The SMILES string of the molecule is CC(C)(C)NC(=O)CCNC1CC(c2ccc(Cl)cc2)C1. The zero-order valence-electron chi connectivity index (χ0n) is 13.1. The van der Waals surface area contributed by atoms with Crippen LogP contribution in [0.4, 0.5) is 0 Å². The first-order chi connectivity index (χ1) is 9.83. The van der Waals surface area contributed by atoms with E-state index in [-0.39, 0.29) is 11.4 Å². The fourth-order valence-corrected chi connectivity index (χ4v) is 2.79. The maximum Gasteiger partial charge on any atom is 0.221 e. The number of carbonyl (C=O) groups excluding carboxylic acids is 1. The fraction of sp³-hybridized carbons (Fsp3) is 0.588. The number of benzene rings is 1. The minimum Gasteiger partial charge on any atom is -0.351 e. The minimum absolute atomic E-state index is 0.114. The molecule has 1 amide bonds. The van der Waals surface area contributed by atoms with Gasteiger partial charge in [0.05, 0.1) is 0 Å². The predicted molar refractivity (Wildman–Crippen MR) is 87.7 cm³/mol. The summed E-state index contributed by atoms with van der Waals surface area (Å²) in [5.41, 5.74) is 1.22. The molecule has 0 aliphatic heterocycles. The number of nitrogens with one attached hydrogen (secondary N) is 2. The Hall–Kier alpha value is -1.06. The second-order valence-electron chi connectivity index (χ2n) is 6.92. The Morgan fingerprint density at radius 2 is 1.86 bits per heavy atom. The van der Waals surface area contributed by atoms with Crippen LogP contribution in [0.5, 0.6) is 0 Å². The highest BCUT2D eigenvalue weighted by molar-refractivity contribution is 6.30. The van der Waals surface area contributed by atoms with Gasteiger partial charge in [-0.3, -0.25) is 4.79 Å². The van der Waals surface area contributed by atoms with Crippen molar-refractivity contribution in [2.45, 2.75) is 57.5 Å². The van der Waals surface area contributed by atoms with E-state index in [0.29, 0.717) is 18.4 Å². The molecule has 1 saturated carbocycles. The summed E-state index contributed by atoms with van der Waals surface area (Å²) in [5, 5.41) is 7.23.